The van der Waals surface area contributed by atoms with Crippen molar-refractivity contribution in [3.8, 4) is 0 Å². The van der Waals surface area contributed by atoms with Crippen molar-refractivity contribution in [3.05, 3.63) is 45.7 Å². The average molecular weight is 485 g/mol. The van der Waals surface area contributed by atoms with Gasteiger partial charge in [-0.25, -0.2) is 13.8 Å². The normalized spacial score (nSPS) is 19.5. The molecule has 2 amide bonds. The lowest BCUT2D eigenvalue weighted by Crippen LogP contribution is -2.44. The third-order valence-corrected chi connectivity index (χ3v) is 5.89. The lowest BCUT2D eigenvalue weighted by atomic mass is 10.0. The zero-order valence-corrected chi connectivity index (χ0v) is 18.7. The lowest BCUT2D eigenvalue weighted by Gasteiger charge is -2.32. The number of aromatic nitrogens is 2. The standard InChI is InChI=1S/C20H23ClF2N6O4/c1-10(30)24-7-11-8-29-18(19(31)27(2)33-11)12-9-28(6-5-14(12)26-29)20(32)25-15-4-3-13(22)16(21)17(15)23/h3-4,11,20,25,32H,5-9H2,1-2H3,(H,24,30). The van der Waals surface area contributed by atoms with Gasteiger partial charge in [0, 0.05) is 45.6 Å². The molecule has 0 fully saturated rings. The van der Waals surface area contributed by atoms with Gasteiger partial charge in [-0.3, -0.25) is 24.0 Å². The van der Waals surface area contributed by atoms with Crippen LogP contribution in [0.1, 0.15) is 28.7 Å². The molecule has 0 bridgehead atoms. The second-order valence-corrected chi connectivity index (χ2v) is 8.26. The number of benzene rings is 1. The first-order valence-corrected chi connectivity index (χ1v) is 10.6. The highest BCUT2D eigenvalue weighted by Gasteiger charge is 2.35. The van der Waals surface area contributed by atoms with Gasteiger partial charge < -0.3 is 15.7 Å². The van der Waals surface area contributed by atoms with E-state index in [9.17, 15) is 23.5 Å². The highest BCUT2D eigenvalue weighted by atomic mass is 35.5. The summed E-state index contributed by atoms with van der Waals surface area (Å²) in [5, 5.41) is 20.9. The van der Waals surface area contributed by atoms with Crippen molar-refractivity contribution in [2.75, 3.05) is 25.5 Å². The molecule has 0 spiro atoms. The van der Waals surface area contributed by atoms with Crippen LogP contribution in [0.25, 0.3) is 0 Å². The van der Waals surface area contributed by atoms with Crippen LogP contribution < -0.4 is 10.6 Å². The van der Waals surface area contributed by atoms with E-state index in [1.54, 1.807) is 9.58 Å². The van der Waals surface area contributed by atoms with Crippen molar-refractivity contribution in [3.63, 3.8) is 0 Å². The predicted molar refractivity (Wildman–Crippen MR) is 113 cm³/mol. The monoisotopic (exact) mass is 484 g/mol. The van der Waals surface area contributed by atoms with Crippen LogP contribution in [0.5, 0.6) is 0 Å². The largest absolute Gasteiger partial charge is 0.361 e. The summed E-state index contributed by atoms with van der Waals surface area (Å²) in [6.07, 6.45) is -1.39. The molecule has 3 N–H and O–H groups in total. The van der Waals surface area contributed by atoms with Gasteiger partial charge in [-0.15, -0.1) is 0 Å². The van der Waals surface area contributed by atoms with Crippen molar-refractivity contribution < 1.29 is 28.3 Å². The van der Waals surface area contributed by atoms with Crippen molar-refractivity contribution in [2.24, 2.45) is 0 Å². The SMILES string of the molecule is CC(=O)NCC1Cn2nc3c(c2C(=O)N(C)O1)CN(C(O)Nc1ccc(F)c(Cl)c1F)CC3. The Morgan fingerprint density at radius 2 is 2.18 bits per heavy atom. The molecule has 2 unspecified atom stereocenters. The summed E-state index contributed by atoms with van der Waals surface area (Å²) in [6, 6.07) is 2.14. The number of nitrogens with zero attached hydrogens (tertiary/aromatic N) is 4. The van der Waals surface area contributed by atoms with Crippen molar-refractivity contribution in [1.82, 2.24) is 25.1 Å². The molecule has 3 heterocycles. The van der Waals surface area contributed by atoms with Crippen LogP contribution in [0.2, 0.25) is 5.02 Å². The number of carbonyl (C=O) groups is 2. The summed E-state index contributed by atoms with van der Waals surface area (Å²) in [5.74, 6) is -2.53. The molecule has 2 aromatic rings. The van der Waals surface area contributed by atoms with Gasteiger partial charge in [0.15, 0.2) is 12.2 Å². The van der Waals surface area contributed by atoms with Crippen LogP contribution in [-0.4, -0.2) is 69.3 Å². The third-order valence-electron chi connectivity index (χ3n) is 5.55. The van der Waals surface area contributed by atoms with Gasteiger partial charge in [0.05, 0.1) is 17.9 Å². The van der Waals surface area contributed by atoms with Gasteiger partial charge in [-0.1, -0.05) is 11.6 Å². The number of aliphatic hydroxyl groups is 1. The maximum atomic E-state index is 14.2. The van der Waals surface area contributed by atoms with Gasteiger partial charge in [0.1, 0.15) is 22.6 Å². The fourth-order valence-corrected chi connectivity index (χ4v) is 4.07. The summed E-state index contributed by atoms with van der Waals surface area (Å²) in [4.78, 5) is 31.5. The first kappa shape index (κ1) is 23.4. The summed E-state index contributed by atoms with van der Waals surface area (Å²) in [5.41, 5.74) is 1.51. The zero-order valence-electron chi connectivity index (χ0n) is 17.9. The number of nitrogens with one attached hydrogen (secondary N) is 2. The molecule has 1 aromatic carbocycles. The molecule has 10 nitrogen and oxygen atoms in total. The minimum Gasteiger partial charge on any atom is -0.361 e. The fraction of sp³-hybridized carbons (Fsp3) is 0.450. The Kier molecular flexibility index (Phi) is 6.52. The van der Waals surface area contributed by atoms with Crippen LogP contribution in [0.3, 0.4) is 0 Å². The lowest BCUT2D eigenvalue weighted by molar-refractivity contribution is -0.148. The molecule has 13 heteroatoms. The van der Waals surface area contributed by atoms with E-state index in [0.29, 0.717) is 29.9 Å². The molecule has 4 rings (SSSR count). The number of rotatable bonds is 5. The maximum Gasteiger partial charge on any atom is 0.295 e. The van der Waals surface area contributed by atoms with Crippen LogP contribution in [-0.2, 0) is 29.1 Å². The Labute approximate surface area is 193 Å². The summed E-state index contributed by atoms with van der Waals surface area (Å²) in [6.45, 7) is 2.38. The number of hydrogen-bond donors (Lipinski definition) is 3. The van der Waals surface area contributed by atoms with E-state index >= 15 is 0 Å². The molecular weight excluding hydrogens is 462 g/mol. The van der Waals surface area contributed by atoms with E-state index in [1.165, 1.54) is 14.0 Å². The Morgan fingerprint density at radius 1 is 1.42 bits per heavy atom. The van der Waals surface area contributed by atoms with E-state index in [-0.39, 0.29) is 31.2 Å². The van der Waals surface area contributed by atoms with Gasteiger partial charge in [-0.2, -0.15) is 5.10 Å². The number of halogens is 3. The first-order chi connectivity index (χ1) is 15.7. The topological polar surface area (TPSA) is 112 Å². The van der Waals surface area contributed by atoms with Crippen LogP contribution >= 0.6 is 11.6 Å². The highest BCUT2D eigenvalue weighted by Crippen LogP contribution is 2.29. The Balaban J connectivity index is 1.54. The molecule has 2 atom stereocenters. The second kappa shape index (κ2) is 9.21. The number of aliphatic hydroxyl groups excluding tert-OH is 1. The number of hydroxylamine groups is 2. The third kappa shape index (κ3) is 4.64. The van der Waals surface area contributed by atoms with Crippen molar-refractivity contribution in [2.45, 2.75) is 38.9 Å². The zero-order chi connectivity index (χ0) is 23.9. The van der Waals surface area contributed by atoms with Crippen LogP contribution in [0.15, 0.2) is 12.1 Å². The average Bonchev–Trinajstić information content (AvgIpc) is 3.08. The molecule has 2 aliphatic heterocycles. The minimum absolute atomic E-state index is 0.154. The summed E-state index contributed by atoms with van der Waals surface area (Å²) in [7, 11) is 1.48. The Morgan fingerprint density at radius 3 is 2.91 bits per heavy atom. The number of carbonyl (C=O) groups excluding carboxylic acids is 2. The number of hydrogen-bond acceptors (Lipinski definition) is 7. The summed E-state index contributed by atoms with van der Waals surface area (Å²) >= 11 is 5.61. The van der Waals surface area contributed by atoms with Gasteiger partial charge in [-0.05, 0) is 12.1 Å². The molecule has 0 radical (unpaired) electrons. The molecule has 0 saturated carbocycles. The Bertz CT molecular complexity index is 1100. The van der Waals surface area contributed by atoms with Crippen LogP contribution in [0.4, 0.5) is 14.5 Å². The molecular formula is C20H23ClF2N6O4. The number of amides is 2. The Hall–Kier alpha value is -2.80. The molecule has 33 heavy (non-hydrogen) atoms. The van der Waals surface area contributed by atoms with E-state index in [2.05, 4.69) is 15.7 Å². The smallest absolute Gasteiger partial charge is 0.295 e. The second-order valence-electron chi connectivity index (χ2n) is 7.88. The van der Waals surface area contributed by atoms with Crippen molar-refractivity contribution >= 4 is 29.1 Å². The quantitative estimate of drug-likeness (QED) is 0.430. The minimum atomic E-state index is -1.33. The number of anilines is 1. The number of fused-ring (bicyclic) bond motifs is 3. The molecule has 0 saturated heterocycles. The van der Waals surface area contributed by atoms with E-state index in [4.69, 9.17) is 16.4 Å². The fourth-order valence-electron chi connectivity index (χ4n) is 3.90. The molecule has 1 aromatic heterocycles. The van der Waals surface area contributed by atoms with Gasteiger partial charge >= 0.3 is 0 Å². The van der Waals surface area contributed by atoms with Crippen LogP contribution in [0, 0.1) is 11.6 Å². The van der Waals surface area contributed by atoms with Crippen molar-refractivity contribution in [1.29, 1.82) is 0 Å². The predicted octanol–water partition coefficient (Wildman–Crippen LogP) is 1.08. The van der Waals surface area contributed by atoms with E-state index in [1.807, 2.05) is 0 Å². The molecule has 178 valence electrons. The maximum absolute atomic E-state index is 14.2. The van der Waals surface area contributed by atoms with E-state index in [0.717, 1.165) is 17.2 Å². The van der Waals surface area contributed by atoms with Gasteiger partial charge in [0.2, 0.25) is 5.91 Å². The molecule has 2 aliphatic rings. The summed E-state index contributed by atoms with van der Waals surface area (Å²) < 4.78 is 29.2. The first-order valence-electron chi connectivity index (χ1n) is 10.3. The van der Waals surface area contributed by atoms with Gasteiger partial charge in [0.25, 0.3) is 5.91 Å². The molecule has 0 aliphatic carbocycles. The highest BCUT2D eigenvalue weighted by molar-refractivity contribution is 6.31. The van der Waals surface area contributed by atoms with E-state index < -0.39 is 35.0 Å².